The quantitative estimate of drug-likeness (QED) is 0.764. The van der Waals surface area contributed by atoms with Crippen LogP contribution in [-0.4, -0.2) is 37.8 Å². The standard InChI is InChI=1S/C17H16ClNO6/c1-23-13-7-6-10(18)8-12(13)19-15(20)9-25-17(22)11-4-3-5-14(24-2)16(11)21/h3-8,21H,9H2,1-2H3,(H,19,20). The molecule has 25 heavy (non-hydrogen) atoms. The number of hydrogen-bond donors (Lipinski definition) is 2. The first-order chi connectivity index (χ1) is 12.0. The van der Waals surface area contributed by atoms with Crippen LogP contribution in [0.15, 0.2) is 36.4 Å². The number of aromatic hydroxyl groups is 1. The average Bonchev–Trinajstić information content (AvgIpc) is 2.60. The largest absolute Gasteiger partial charge is 0.504 e. The maximum absolute atomic E-state index is 12.0. The molecule has 0 radical (unpaired) electrons. The number of phenols is 1. The normalized spacial score (nSPS) is 10.0. The van der Waals surface area contributed by atoms with Gasteiger partial charge in [-0.1, -0.05) is 17.7 Å². The molecule has 1 amide bonds. The number of nitrogens with one attached hydrogen (secondary N) is 1. The number of methoxy groups -OCH3 is 2. The molecule has 0 unspecified atom stereocenters. The minimum absolute atomic E-state index is 0.104. The Morgan fingerprint density at radius 1 is 1.12 bits per heavy atom. The maximum Gasteiger partial charge on any atom is 0.342 e. The molecule has 0 aromatic heterocycles. The third-order valence-corrected chi connectivity index (χ3v) is 3.44. The Hall–Kier alpha value is -2.93. The number of para-hydroxylation sites is 1. The predicted octanol–water partition coefficient (Wildman–Crippen LogP) is 2.86. The Morgan fingerprint density at radius 3 is 2.52 bits per heavy atom. The summed E-state index contributed by atoms with van der Waals surface area (Å²) in [5.74, 6) is -1.26. The molecule has 0 atom stereocenters. The number of hydrogen-bond acceptors (Lipinski definition) is 6. The molecule has 0 aliphatic carbocycles. The van der Waals surface area contributed by atoms with Crippen LogP contribution >= 0.6 is 11.6 Å². The lowest BCUT2D eigenvalue weighted by Crippen LogP contribution is -2.21. The van der Waals surface area contributed by atoms with E-state index in [1.54, 1.807) is 12.1 Å². The molecule has 0 fully saturated rings. The van der Waals surface area contributed by atoms with Crippen molar-refractivity contribution in [3.63, 3.8) is 0 Å². The zero-order valence-corrected chi connectivity index (χ0v) is 14.3. The first kappa shape index (κ1) is 18.4. The fourth-order valence-corrected chi connectivity index (χ4v) is 2.20. The Kier molecular flexibility index (Phi) is 6.08. The molecule has 2 aromatic carbocycles. The lowest BCUT2D eigenvalue weighted by molar-refractivity contribution is -0.119. The summed E-state index contributed by atoms with van der Waals surface area (Å²) < 4.78 is 14.9. The van der Waals surface area contributed by atoms with E-state index in [9.17, 15) is 14.7 Å². The van der Waals surface area contributed by atoms with E-state index in [1.807, 2.05) is 0 Å². The van der Waals surface area contributed by atoms with Gasteiger partial charge in [0.2, 0.25) is 0 Å². The van der Waals surface area contributed by atoms with Crippen molar-refractivity contribution in [1.82, 2.24) is 0 Å². The third kappa shape index (κ3) is 4.54. The van der Waals surface area contributed by atoms with Gasteiger partial charge >= 0.3 is 5.97 Å². The van der Waals surface area contributed by atoms with E-state index in [1.165, 1.54) is 38.5 Å². The van der Waals surface area contributed by atoms with Gasteiger partial charge < -0.3 is 24.6 Å². The van der Waals surface area contributed by atoms with Crippen molar-refractivity contribution in [2.75, 3.05) is 26.1 Å². The van der Waals surface area contributed by atoms with E-state index >= 15 is 0 Å². The van der Waals surface area contributed by atoms with Crippen molar-refractivity contribution < 1.29 is 28.9 Å². The highest BCUT2D eigenvalue weighted by Crippen LogP contribution is 2.30. The van der Waals surface area contributed by atoms with Crippen molar-refractivity contribution in [1.29, 1.82) is 0 Å². The fourth-order valence-electron chi connectivity index (χ4n) is 2.02. The van der Waals surface area contributed by atoms with Crippen LogP contribution in [0, 0.1) is 0 Å². The first-order valence-electron chi connectivity index (χ1n) is 7.12. The van der Waals surface area contributed by atoms with E-state index in [2.05, 4.69) is 5.32 Å². The second-order valence-electron chi connectivity index (χ2n) is 4.83. The summed E-state index contributed by atoms with van der Waals surface area (Å²) in [7, 11) is 2.81. The zero-order chi connectivity index (χ0) is 18.4. The average molecular weight is 366 g/mol. The summed E-state index contributed by atoms with van der Waals surface area (Å²) in [5.41, 5.74) is 0.243. The predicted molar refractivity (Wildman–Crippen MR) is 91.6 cm³/mol. The van der Waals surface area contributed by atoms with Crippen LogP contribution in [0.4, 0.5) is 5.69 Å². The molecule has 0 saturated carbocycles. The van der Waals surface area contributed by atoms with Crippen molar-refractivity contribution in [3.05, 3.63) is 47.0 Å². The van der Waals surface area contributed by atoms with Crippen molar-refractivity contribution >= 4 is 29.2 Å². The Morgan fingerprint density at radius 2 is 1.84 bits per heavy atom. The molecule has 2 N–H and O–H groups in total. The summed E-state index contributed by atoms with van der Waals surface area (Å²) in [5, 5.41) is 12.8. The zero-order valence-electron chi connectivity index (χ0n) is 13.5. The van der Waals surface area contributed by atoms with Crippen LogP contribution in [-0.2, 0) is 9.53 Å². The van der Waals surface area contributed by atoms with Gasteiger partial charge in [0.25, 0.3) is 5.91 Å². The molecule has 7 nitrogen and oxygen atoms in total. The number of phenolic OH excluding ortho intramolecular Hbond substituents is 1. The van der Waals surface area contributed by atoms with Crippen LogP contribution in [0.5, 0.6) is 17.2 Å². The van der Waals surface area contributed by atoms with Gasteiger partial charge in [-0.3, -0.25) is 4.79 Å². The molecule has 0 aliphatic rings. The lowest BCUT2D eigenvalue weighted by atomic mass is 10.2. The van der Waals surface area contributed by atoms with Gasteiger partial charge in [0.15, 0.2) is 18.1 Å². The Balaban J connectivity index is 2.01. The Labute approximate surface area is 149 Å². The van der Waals surface area contributed by atoms with Crippen molar-refractivity contribution in [2.24, 2.45) is 0 Å². The molecule has 0 bridgehead atoms. The molecule has 0 spiro atoms. The van der Waals surface area contributed by atoms with Gasteiger partial charge in [-0.05, 0) is 30.3 Å². The van der Waals surface area contributed by atoms with Gasteiger partial charge in [-0.25, -0.2) is 4.79 Å². The number of rotatable bonds is 6. The third-order valence-electron chi connectivity index (χ3n) is 3.21. The molecule has 8 heteroatoms. The number of amides is 1. The van der Waals surface area contributed by atoms with Crippen LogP contribution in [0.3, 0.4) is 0 Å². The number of anilines is 1. The van der Waals surface area contributed by atoms with Gasteiger partial charge in [-0.2, -0.15) is 0 Å². The SMILES string of the molecule is COc1ccc(Cl)cc1NC(=O)COC(=O)c1cccc(OC)c1O. The smallest absolute Gasteiger partial charge is 0.342 e. The van der Waals surface area contributed by atoms with Gasteiger partial charge in [-0.15, -0.1) is 0 Å². The van der Waals surface area contributed by atoms with Crippen LogP contribution in [0.1, 0.15) is 10.4 Å². The topological polar surface area (TPSA) is 94.1 Å². The van der Waals surface area contributed by atoms with Gasteiger partial charge in [0.05, 0.1) is 19.9 Å². The summed E-state index contributed by atoms with van der Waals surface area (Å²) in [6, 6.07) is 9.09. The second-order valence-corrected chi connectivity index (χ2v) is 5.26. The molecule has 2 aromatic rings. The Bertz CT molecular complexity index is 793. The summed E-state index contributed by atoms with van der Waals surface area (Å²) >= 11 is 5.88. The summed E-state index contributed by atoms with van der Waals surface area (Å²) in [6.45, 7) is -0.550. The highest BCUT2D eigenvalue weighted by molar-refractivity contribution is 6.31. The number of carbonyl (C=O) groups is 2. The molecule has 2 rings (SSSR count). The second kappa shape index (κ2) is 8.25. The first-order valence-corrected chi connectivity index (χ1v) is 7.50. The van der Waals surface area contributed by atoms with E-state index in [0.29, 0.717) is 16.5 Å². The number of benzene rings is 2. The van der Waals surface area contributed by atoms with Crippen LogP contribution in [0.25, 0.3) is 0 Å². The van der Waals surface area contributed by atoms with E-state index in [0.717, 1.165) is 0 Å². The molecule has 0 saturated heterocycles. The maximum atomic E-state index is 12.0. The van der Waals surface area contributed by atoms with Crippen molar-refractivity contribution in [2.45, 2.75) is 0 Å². The monoisotopic (exact) mass is 365 g/mol. The number of carbonyl (C=O) groups excluding carboxylic acids is 2. The van der Waals surface area contributed by atoms with E-state index in [4.69, 9.17) is 25.8 Å². The minimum Gasteiger partial charge on any atom is -0.504 e. The fraction of sp³-hybridized carbons (Fsp3) is 0.176. The number of ether oxygens (including phenoxy) is 3. The molecule has 132 valence electrons. The molecule has 0 heterocycles. The summed E-state index contributed by atoms with van der Waals surface area (Å²) in [6.07, 6.45) is 0. The lowest BCUT2D eigenvalue weighted by Gasteiger charge is -2.11. The van der Waals surface area contributed by atoms with Crippen LogP contribution in [0.2, 0.25) is 5.02 Å². The molecular formula is C17H16ClNO6. The highest BCUT2D eigenvalue weighted by atomic mass is 35.5. The van der Waals surface area contributed by atoms with Crippen LogP contribution < -0.4 is 14.8 Å². The van der Waals surface area contributed by atoms with Crippen molar-refractivity contribution in [3.8, 4) is 17.2 Å². The highest BCUT2D eigenvalue weighted by Gasteiger charge is 2.18. The summed E-state index contributed by atoms with van der Waals surface area (Å²) in [4.78, 5) is 24.0. The number of halogens is 1. The van der Waals surface area contributed by atoms with Gasteiger partial charge in [0.1, 0.15) is 11.3 Å². The molecular weight excluding hydrogens is 350 g/mol. The number of esters is 1. The van der Waals surface area contributed by atoms with Gasteiger partial charge in [0, 0.05) is 5.02 Å². The van der Waals surface area contributed by atoms with E-state index in [-0.39, 0.29) is 17.1 Å². The minimum atomic E-state index is -0.857. The molecule has 0 aliphatic heterocycles. The van der Waals surface area contributed by atoms with E-state index < -0.39 is 18.5 Å².